The lowest BCUT2D eigenvalue weighted by atomic mass is 9.80. The molecule has 3 atom stereocenters. The average molecular weight is 487 g/mol. The highest BCUT2D eigenvalue weighted by Gasteiger charge is 2.33. The summed E-state index contributed by atoms with van der Waals surface area (Å²) in [6.45, 7) is 0. The predicted octanol–water partition coefficient (Wildman–Crippen LogP) is 3.65. The van der Waals surface area contributed by atoms with E-state index in [4.69, 9.17) is 0 Å². The quantitative estimate of drug-likeness (QED) is 0.499. The smallest absolute Gasteiger partial charge is 0.166 e. The number of halogens is 3. The van der Waals surface area contributed by atoms with Gasteiger partial charge in [0.05, 0.1) is 24.0 Å². The lowest BCUT2D eigenvalue weighted by molar-refractivity contribution is -0.0445. The van der Waals surface area contributed by atoms with Crippen molar-refractivity contribution >= 4 is 28.4 Å². The Morgan fingerprint density at radius 3 is 2.67 bits per heavy atom. The van der Waals surface area contributed by atoms with E-state index in [1.54, 1.807) is 12.1 Å². The first-order chi connectivity index (χ1) is 12.9. The molecule has 0 saturated heterocycles. The molecular weight excluding hydrogens is 467 g/mol. The number of hydrogen-bond donors (Lipinski definition) is 2. The van der Waals surface area contributed by atoms with E-state index in [1.807, 2.05) is 22.6 Å². The van der Waals surface area contributed by atoms with Gasteiger partial charge in [-0.25, -0.2) is 8.78 Å². The number of ketones is 1. The number of carbonyl (C=O) groups is 1. The molecule has 1 aromatic heterocycles. The molecule has 1 heterocycles. The second-order valence-electron chi connectivity index (χ2n) is 6.94. The van der Waals surface area contributed by atoms with Gasteiger partial charge in [0.1, 0.15) is 5.82 Å². The maximum atomic E-state index is 14.4. The number of carbonyl (C=O) groups excluding carboxylic acids is 1. The van der Waals surface area contributed by atoms with Gasteiger partial charge in [0.25, 0.3) is 0 Å². The third kappa shape index (κ3) is 4.70. The van der Waals surface area contributed by atoms with Gasteiger partial charge in [-0.3, -0.25) is 9.78 Å². The molecule has 27 heavy (non-hydrogen) atoms. The lowest BCUT2D eigenvalue weighted by Gasteiger charge is -2.31. The van der Waals surface area contributed by atoms with E-state index in [0.29, 0.717) is 30.4 Å². The van der Waals surface area contributed by atoms with E-state index < -0.39 is 35.5 Å². The molecular formula is C20H20F2INO3. The average Bonchev–Trinajstić information content (AvgIpc) is 2.61. The van der Waals surface area contributed by atoms with Gasteiger partial charge in [-0.2, -0.15) is 0 Å². The molecule has 3 rings (SSSR count). The Labute approximate surface area is 169 Å². The number of benzene rings is 1. The fourth-order valence-corrected chi connectivity index (χ4v) is 4.05. The monoisotopic (exact) mass is 487 g/mol. The fourth-order valence-electron chi connectivity index (χ4n) is 3.60. The first kappa shape index (κ1) is 20.3. The number of rotatable bonds is 5. The Morgan fingerprint density at radius 2 is 1.93 bits per heavy atom. The summed E-state index contributed by atoms with van der Waals surface area (Å²) in [6.07, 6.45) is 2.25. The van der Waals surface area contributed by atoms with Gasteiger partial charge in [0, 0.05) is 22.6 Å². The van der Waals surface area contributed by atoms with Crippen LogP contribution in [0, 0.1) is 21.1 Å². The lowest BCUT2D eigenvalue weighted by Crippen LogP contribution is -2.38. The van der Waals surface area contributed by atoms with Crippen LogP contribution < -0.4 is 0 Å². The molecule has 1 aliphatic carbocycles. The minimum Gasteiger partial charge on any atom is -0.390 e. The highest BCUT2D eigenvalue weighted by atomic mass is 127. The van der Waals surface area contributed by atoms with E-state index in [9.17, 15) is 23.8 Å². The van der Waals surface area contributed by atoms with Crippen molar-refractivity contribution in [1.29, 1.82) is 0 Å². The molecule has 0 bridgehead atoms. The van der Waals surface area contributed by atoms with Gasteiger partial charge in [0.15, 0.2) is 11.6 Å². The highest BCUT2D eigenvalue weighted by Crippen LogP contribution is 2.30. The normalized spacial score (nSPS) is 22.6. The number of Topliss-reactive ketones (excluding diaryl/α,β-unsaturated/α-hetero) is 1. The van der Waals surface area contributed by atoms with Crippen LogP contribution in [0.25, 0.3) is 0 Å². The van der Waals surface area contributed by atoms with Crippen molar-refractivity contribution in [3.05, 3.63) is 62.5 Å². The van der Waals surface area contributed by atoms with Crippen molar-refractivity contribution in [2.75, 3.05) is 0 Å². The summed E-state index contributed by atoms with van der Waals surface area (Å²) in [7, 11) is 0. The van der Waals surface area contributed by atoms with Gasteiger partial charge in [-0.1, -0.05) is 12.5 Å². The third-order valence-electron chi connectivity index (χ3n) is 5.05. The molecule has 7 heteroatoms. The molecule has 0 amide bonds. The van der Waals surface area contributed by atoms with Crippen molar-refractivity contribution in [3.63, 3.8) is 0 Å². The van der Waals surface area contributed by atoms with Gasteiger partial charge < -0.3 is 10.2 Å². The molecule has 0 aliphatic heterocycles. The number of nitrogens with zero attached hydrogens (tertiary/aromatic N) is 1. The Balaban J connectivity index is 1.85. The second kappa shape index (κ2) is 8.70. The highest BCUT2D eigenvalue weighted by molar-refractivity contribution is 14.1. The van der Waals surface area contributed by atoms with Crippen LogP contribution in [0.2, 0.25) is 0 Å². The molecule has 0 spiro atoms. The first-order valence-electron chi connectivity index (χ1n) is 8.82. The van der Waals surface area contributed by atoms with Gasteiger partial charge in [0.2, 0.25) is 0 Å². The van der Waals surface area contributed by atoms with E-state index >= 15 is 0 Å². The van der Waals surface area contributed by atoms with Crippen LogP contribution in [0.15, 0.2) is 30.6 Å². The second-order valence-corrected chi connectivity index (χ2v) is 8.19. The zero-order valence-corrected chi connectivity index (χ0v) is 16.7. The maximum absolute atomic E-state index is 14.4. The molecule has 1 fully saturated rings. The molecule has 1 saturated carbocycles. The van der Waals surface area contributed by atoms with E-state index in [1.165, 1.54) is 12.3 Å². The van der Waals surface area contributed by atoms with Gasteiger partial charge in [-0.15, -0.1) is 0 Å². The zero-order chi connectivity index (χ0) is 19.6. The minimum absolute atomic E-state index is 0.0461. The summed E-state index contributed by atoms with van der Waals surface area (Å²) in [5.41, 5.74) is 0.547. The molecule has 1 aliphatic rings. The van der Waals surface area contributed by atoms with Crippen LogP contribution in [0.3, 0.4) is 0 Å². The molecule has 4 nitrogen and oxygen atoms in total. The molecule has 2 N–H and O–H groups in total. The summed E-state index contributed by atoms with van der Waals surface area (Å²) < 4.78 is 29.3. The van der Waals surface area contributed by atoms with Crippen LogP contribution in [-0.2, 0) is 6.42 Å². The Hall–Kier alpha value is -1.45. The summed E-state index contributed by atoms with van der Waals surface area (Å²) in [5.74, 6) is -2.06. The van der Waals surface area contributed by atoms with E-state index in [-0.39, 0.29) is 18.4 Å². The Kier molecular flexibility index (Phi) is 6.54. The standard InChI is InChI=1S/C20H20F2INO3/c21-15-8-14(23)5-4-11(15)6-13-9-24-10-16(22)19(13)18(26)7-12-2-1-3-17(25)20(12)27/h4-5,8-10,12,17,20,25,27H,1-3,6-7H2/t12-,17+,20-/m1/s1. The third-order valence-corrected chi connectivity index (χ3v) is 5.72. The predicted molar refractivity (Wildman–Crippen MR) is 104 cm³/mol. The van der Waals surface area contributed by atoms with Crippen LogP contribution in [0.5, 0.6) is 0 Å². The summed E-state index contributed by atoms with van der Waals surface area (Å²) in [6, 6.07) is 4.73. The van der Waals surface area contributed by atoms with Gasteiger partial charge >= 0.3 is 0 Å². The molecule has 144 valence electrons. The minimum atomic E-state index is -0.996. The number of aliphatic hydroxyl groups excluding tert-OH is 2. The Morgan fingerprint density at radius 1 is 1.15 bits per heavy atom. The van der Waals surface area contributed by atoms with Crippen LogP contribution in [0.4, 0.5) is 8.78 Å². The molecule has 1 aromatic carbocycles. The Bertz CT molecular complexity index is 846. The van der Waals surface area contributed by atoms with Crippen LogP contribution >= 0.6 is 22.6 Å². The van der Waals surface area contributed by atoms with Crippen molar-refractivity contribution in [1.82, 2.24) is 4.98 Å². The van der Waals surface area contributed by atoms with Crippen molar-refractivity contribution in [2.24, 2.45) is 5.92 Å². The SMILES string of the molecule is O=C(C[C@H]1CCC[C@H](O)[C@@H]1O)c1c(F)cncc1Cc1ccc(I)cc1F. The number of pyridine rings is 1. The molecule has 0 radical (unpaired) electrons. The number of hydrogen-bond acceptors (Lipinski definition) is 4. The molecule has 0 unspecified atom stereocenters. The molecule has 2 aromatic rings. The topological polar surface area (TPSA) is 70.4 Å². The zero-order valence-electron chi connectivity index (χ0n) is 14.5. The van der Waals surface area contributed by atoms with Crippen molar-refractivity contribution in [3.8, 4) is 0 Å². The van der Waals surface area contributed by atoms with Crippen molar-refractivity contribution in [2.45, 2.75) is 44.3 Å². The summed E-state index contributed by atoms with van der Waals surface area (Å²) >= 11 is 2.00. The van der Waals surface area contributed by atoms with Crippen molar-refractivity contribution < 1.29 is 23.8 Å². The number of aromatic nitrogens is 1. The first-order valence-corrected chi connectivity index (χ1v) is 9.90. The fraction of sp³-hybridized carbons (Fsp3) is 0.400. The van der Waals surface area contributed by atoms with Crippen LogP contribution in [-0.4, -0.2) is 33.2 Å². The summed E-state index contributed by atoms with van der Waals surface area (Å²) in [5, 5.41) is 19.9. The summed E-state index contributed by atoms with van der Waals surface area (Å²) in [4.78, 5) is 16.6. The van der Waals surface area contributed by atoms with Gasteiger partial charge in [-0.05, 0) is 64.6 Å². The largest absolute Gasteiger partial charge is 0.390 e. The van der Waals surface area contributed by atoms with E-state index in [2.05, 4.69) is 4.98 Å². The van der Waals surface area contributed by atoms with Crippen LogP contribution in [0.1, 0.15) is 47.2 Å². The maximum Gasteiger partial charge on any atom is 0.166 e. The number of aliphatic hydroxyl groups is 2. The van der Waals surface area contributed by atoms with E-state index in [0.717, 1.165) is 9.77 Å².